The normalized spacial score (nSPS) is 11.5. The number of carbonyl (C=O) groups excluding carboxylic acids is 1. The Bertz CT molecular complexity index is 474. The Morgan fingerprint density at radius 1 is 1.42 bits per heavy atom. The molecule has 0 saturated carbocycles. The predicted octanol–water partition coefficient (Wildman–Crippen LogP) is 0.786. The topological polar surface area (TPSA) is 125 Å². The lowest BCUT2D eigenvalue weighted by Gasteiger charge is -2.10. The van der Waals surface area contributed by atoms with E-state index in [4.69, 9.17) is 10.8 Å². The van der Waals surface area contributed by atoms with E-state index in [1.165, 1.54) is 7.05 Å². The second kappa shape index (κ2) is 6.45. The van der Waals surface area contributed by atoms with Crippen molar-refractivity contribution in [2.45, 2.75) is 12.5 Å². The number of carbonyl (C=O) groups is 2. The average Bonchev–Trinajstić information content (AvgIpc) is 2.39. The molecule has 1 unspecified atom stereocenters. The Morgan fingerprint density at radius 2 is 2.00 bits per heavy atom. The van der Waals surface area contributed by atoms with Gasteiger partial charge in [0.2, 0.25) is 0 Å². The number of nitrogens with two attached hydrogens (primary N) is 1. The first-order chi connectivity index (χ1) is 8.93. The molecule has 8 nitrogen and oxygen atoms in total. The Labute approximate surface area is 109 Å². The van der Waals surface area contributed by atoms with Crippen LogP contribution in [0.4, 0.5) is 10.5 Å². The molecule has 0 aromatic heterocycles. The molecule has 0 spiro atoms. The van der Waals surface area contributed by atoms with Crippen molar-refractivity contribution in [3.8, 4) is 0 Å². The molecule has 0 heterocycles. The van der Waals surface area contributed by atoms with Gasteiger partial charge in [-0.3, -0.25) is 4.79 Å². The summed E-state index contributed by atoms with van der Waals surface area (Å²) < 4.78 is 0. The monoisotopic (exact) mass is 266 g/mol. The van der Waals surface area contributed by atoms with Crippen molar-refractivity contribution < 1.29 is 14.7 Å². The number of nitrogens with zero attached hydrogens (tertiary/aromatic N) is 2. The number of carboxylic acids is 1. The number of rotatable bonds is 5. The fraction of sp³-hybridized carbons (Fsp3) is 0.273. The van der Waals surface area contributed by atoms with E-state index in [9.17, 15) is 14.5 Å². The zero-order chi connectivity index (χ0) is 14.4. The number of nitroso groups, excluding NO2 is 1. The van der Waals surface area contributed by atoms with E-state index in [-0.39, 0.29) is 6.42 Å². The van der Waals surface area contributed by atoms with Crippen molar-refractivity contribution >= 4 is 17.7 Å². The van der Waals surface area contributed by atoms with Gasteiger partial charge in [0.05, 0.1) is 5.29 Å². The molecular weight excluding hydrogens is 252 g/mol. The molecule has 1 aromatic rings. The van der Waals surface area contributed by atoms with Gasteiger partial charge < -0.3 is 16.2 Å². The summed E-state index contributed by atoms with van der Waals surface area (Å²) in [7, 11) is 1.22. The van der Waals surface area contributed by atoms with E-state index < -0.39 is 18.0 Å². The second-order valence-electron chi connectivity index (χ2n) is 3.88. The van der Waals surface area contributed by atoms with E-state index in [0.29, 0.717) is 10.7 Å². The summed E-state index contributed by atoms with van der Waals surface area (Å²) in [4.78, 5) is 32.0. The van der Waals surface area contributed by atoms with Crippen molar-refractivity contribution in [2.24, 2.45) is 11.0 Å². The van der Waals surface area contributed by atoms with Crippen molar-refractivity contribution in [1.82, 2.24) is 5.01 Å². The van der Waals surface area contributed by atoms with Crippen LogP contribution in [-0.2, 0) is 11.2 Å². The van der Waals surface area contributed by atoms with Crippen LogP contribution >= 0.6 is 0 Å². The molecule has 0 aliphatic rings. The number of benzene rings is 1. The van der Waals surface area contributed by atoms with Gasteiger partial charge in [-0.2, -0.15) is 5.01 Å². The van der Waals surface area contributed by atoms with E-state index in [1.54, 1.807) is 24.3 Å². The zero-order valence-corrected chi connectivity index (χ0v) is 10.2. The van der Waals surface area contributed by atoms with Crippen LogP contribution in [0.2, 0.25) is 0 Å². The van der Waals surface area contributed by atoms with Crippen LogP contribution in [0.1, 0.15) is 5.56 Å². The highest BCUT2D eigenvalue weighted by Gasteiger charge is 2.12. The van der Waals surface area contributed by atoms with Gasteiger partial charge in [-0.05, 0) is 24.1 Å². The lowest BCUT2D eigenvalue weighted by Crippen LogP contribution is -2.32. The van der Waals surface area contributed by atoms with Crippen molar-refractivity contribution in [1.29, 1.82) is 0 Å². The molecule has 0 fully saturated rings. The second-order valence-corrected chi connectivity index (χ2v) is 3.88. The predicted molar refractivity (Wildman–Crippen MR) is 68.3 cm³/mol. The summed E-state index contributed by atoms with van der Waals surface area (Å²) in [5, 5.41) is 14.2. The number of urea groups is 1. The van der Waals surface area contributed by atoms with Crippen LogP contribution in [0.5, 0.6) is 0 Å². The third kappa shape index (κ3) is 4.36. The summed E-state index contributed by atoms with van der Waals surface area (Å²) in [5.74, 6) is -1.07. The fourth-order valence-electron chi connectivity index (χ4n) is 1.31. The molecule has 0 saturated heterocycles. The lowest BCUT2D eigenvalue weighted by atomic mass is 10.1. The molecule has 2 amide bonds. The molecule has 0 aliphatic carbocycles. The molecule has 4 N–H and O–H groups in total. The van der Waals surface area contributed by atoms with Gasteiger partial charge in [0, 0.05) is 12.7 Å². The third-order valence-electron chi connectivity index (χ3n) is 2.39. The minimum absolute atomic E-state index is 0.194. The number of aliphatic carboxylic acids is 1. The first kappa shape index (κ1) is 14.6. The van der Waals surface area contributed by atoms with Crippen LogP contribution in [0, 0.1) is 4.91 Å². The highest BCUT2D eigenvalue weighted by Crippen LogP contribution is 2.11. The molecule has 1 atom stereocenters. The van der Waals surface area contributed by atoms with Gasteiger partial charge in [-0.1, -0.05) is 12.1 Å². The van der Waals surface area contributed by atoms with Gasteiger partial charge in [0.25, 0.3) is 0 Å². The van der Waals surface area contributed by atoms with E-state index in [0.717, 1.165) is 5.56 Å². The SMILES string of the molecule is CN(N=O)C(=O)Nc1ccc(CC(N)C(=O)O)cc1. The first-order valence-electron chi connectivity index (χ1n) is 5.39. The van der Waals surface area contributed by atoms with Crippen LogP contribution < -0.4 is 11.1 Å². The summed E-state index contributed by atoms with van der Waals surface area (Å²) in [6.45, 7) is 0. The Balaban J connectivity index is 2.64. The van der Waals surface area contributed by atoms with Crippen molar-refractivity contribution in [3.05, 3.63) is 34.7 Å². The minimum Gasteiger partial charge on any atom is -0.480 e. The molecule has 0 aliphatic heterocycles. The van der Waals surface area contributed by atoms with Gasteiger partial charge >= 0.3 is 12.0 Å². The van der Waals surface area contributed by atoms with Gasteiger partial charge in [0.15, 0.2) is 0 Å². The van der Waals surface area contributed by atoms with E-state index in [1.807, 2.05) is 0 Å². The average molecular weight is 266 g/mol. The van der Waals surface area contributed by atoms with E-state index >= 15 is 0 Å². The summed E-state index contributed by atoms with van der Waals surface area (Å²) in [6, 6.07) is 4.83. The molecule has 0 radical (unpaired) electrons. The fourth-order valence-corrected chi connectivity index (χ4v) is 1.31. The first-order valence-corrected chi connectivity index (χ1v) is 5.39. The molecular formula is C11H14N4O4. The summed E-state index contributed by atoms with van der Waals surface area (Å²) >= 11 is 0. The zero-order valence-electron chi connectivity index (χ0n) is 10.2. The number of anilines is 1. The van der Waals surface area contributed by atoms with Gasteiger partial charge in [-0.15, -0.1) is 4.91 Å². The largest absolute Gasteiger partial charge is 0.480 e. The van der Waals surface area contributed by atoms with E-state index in [2.05, 4.69) is 10.6 Å². The highest BCUT2D eigenvalue weighted by molar-refractivity contribution is 5.88. The maximum atomic E-state index is 11.3. The van der Waals surface area contributed by atoms with Crippen LogP contribution in [0.15, 0.2) is 29.6 Å². The summed E-state index contributed by atoms with van der Waals surface area (Å²) in [5.41, 5.74) is 6.60. The third-order valence-corrected chi connectivity index (χ3v) is 2.39. The number of hydrogen-bond donors (Lipinski definition) is 3. The Morgan fingerprint density at radius 3 is 2.47 bits per heavy atom. The van der Waals surface area contributed by atoms with Crippen LogP contribution in [-0.4, -0.2) is 35.2 Å². The molecule has 1 aromatic carbocycles. The maximum absolute atomic E-state index is 11.3. The number of hydrogen-bond acceptors (Lipinski definition) is 5. The standard InChI is InChI=1S/C11H14N4O4/c1-15(14-19)11(18)13-8-4-2-7(3-5-8)6-9(12)10(16)17/h2-5,9H,6,12H2,1H3,(H,13,18)(H,16,17). The molecule has 1 rings (SSSR count). The minimum atomic E-state index is -1.07. The molecule has 102 valence electrons. The molecule has 0 bridgehead atoms. The smallest absolute Gasteiger partial charge is 0.344 e. The Hall–Kier alpha value is -2.48. The molecule has 8 heteroatoms. The molecule has 19 heavy (non-hydrogen) atoms. The number of carboxylic acid groups (broad SMARTS) is 1. The van der Waals surface area contributed by atoms with Crippen molar-refractivity contribution in [3.63, 3.8) is 0 Å². The van der Waals surface area contributed by atoms with Crippen LogP contribution in [0.3, 0.4) is 0 Å². The Kier molecular flexibility index (Phi) is 4.95. The van der Waals surface area contributed by atoms with Gasteiger partial charge in [0.1, 0.15) is 6.04 Å². The van der Waals surface area contributed by atoms with Gasteiger partial charge in [-0.25, -0.2) is 4.79 Å². The lowest BCUT2D eigenvalue weighted by molar-refractivity contribution is -0.138. The quantitative estimate of drug-likeness (QED) is 0.536. The highest BCUT2D eigenvalue weighted by atomic mass is 16.4. The van der Waals surface area contributed by atoms with Crippen molar-refractivity contribution in [2.75, 3.05) is 12.4 Å². The number of nitrogens with one attached hydrogen (secondary N) is 1. The summed E-state index contributed by atoms with van der Waals surface area (Å²) in [6.07, 6.45) is 0.194. The maximum Gasteiger partial charge on any atom is 0.344 e. The number of amides is 2. The van der Waals surface area contributed by atoms with Crippen LogP contribution in [0.25, 0.3) is 0 Å².